The molecule has 2 aromatic heterocycles. The number of aryl methyl sites for hydroxylation is 2. The van der Waals surface area contributed by atoms with Crippen molar-refractivity contribution in [2.24, 2.45) is 0 Å². The lowest BCUT2D eigenvalue weighted by atomic mass is 10.1. The van der Waals surface area contributed by atoms with Crippen LogP contribution in [0, 0.1) is 26.6 Å². The van der Waals surface area contributed by atoms with Gasteiger partial charge in [0.05, 0.1) is 17.8 Å². The van der Waals surface area contributed by atoms with Crippen molar-refractivity contribution in [1.82, 2.24) is 14.8 Å². The third kappa shape index (κ3) is 4.02. The number of carbonyl (C=O) groups excluding carboxylic acids is 1. The molecule has 1 amide bonds. The lowest BCUT2D eigenvalue weighted by Crippen LogP contribution is -2.16. The van der Waals surface area contributed by atoms with Crippen molar-refractivity contribution in [3.05, 3.63) is 82.2 Å². The van der Waals surface area contributed by atoms with Gasteiger partial charge in [-0.3, -0.25) is 4.79 Å². The Balaban J connectivity index is 1.56. The molecular formula is C23H21FN4OS. The minimum Gasteiger partial charge on any atom is -0.326 e. The third-order valence-corrected chi connectivity index (χ3v) is 5.83. The van der Waals surface area contributed by atoms with Crippen LogP contribution in [0.1, 0.15) is 22.5 Å². The lowest BCUT2D eigenvalue weighted by molar-refractivity contribution is -0.115. The third-order valence-electron chi connectivity index (χ3n) is 5.01. The van der Waals surface area contributed by atoms with Crippen molar-refractivity contribution >= 4 is 22.9 Å². The standard InChI is InChI=1S/C23H21FN4OS/c1-14-6-4-5-7-20(14)25-22(29)12-19-15(2)27-28(16(19)3)23-26-21(13-30-23)17-8-10-18(24)11-9-17/h4-11,13H,12H2,1-3H3,(H,25,29). The molecule has 2 aromatic carbocycles. The minimum atomic E-state index is -0.277. The first-order valence-corrected chi connectivity index (χ1v) is 10.4. The van der Waals surface area contributed by atoms with Crippen LogP contribution in [-0.4, -0.2) is 20.7 Å². The molecule has 0 atom stereocenters. The molecule has 0 unspecified atom stereocenters. The molecule has 30 heavy (non-hydrogen) atoms. The molecule has 5 nitrogen and oxygen atoms in total. The summed E-state index contributed by atoms with van der Waals surface area (Å²) in [5.41, 5.74) is 6.01. The van der Waals surface area contributed by atoms with Crippen LogP contribution >= 0.6 is 11.3 Å². The van der Waals surface area contributed by atoms with Gasteiger partial charge in [-0.15, -0.1) is 11.3 Å². The van der Waals surface area contributed by atoms with E-state index in [4.69, 9.17) is 0 Å². The van der Waals surface area contributed by atoms with Gasteiger partial charge in [0.15, 0.2) is 0 Å². The number of aromatic nitrogens is 3. The van der Waals surface area contributed by atoms with E-state index in [1.807, 2.05) is 50.4 Å². The van der Waals surface area contributed by atoms with E-state index in [2.05, 4.69) is 15.4 Å². The van der Waals surface area contributed by atoms with E-state index in [1.54, 1.807) is 16.8 Å². The molecule has 0 spiro atoms. The summed E-state index contributed by atoms with van der Waals surface area (Å²) in [6.45, 7) is 5.80. The first kappa shape index (κ1) is 20.0. The zero-order chi connectivity index (χ0) is 21.3. The fraction of sp³-hybridized carbons (Fsp3) is 0.174. The zero-order valence-electron chi connectivity index (χ0n) is 16.9. The second-order valence-electron chi connectivity index (χ2n) is 7.12. The molecule has 152 valence electrons. The van der Waals surface area contributed by atoms with Gasteiger partial charge in [0, 0.05) is 27.9 Å². The molecule has 4 aromatic rings. The number of anilines is 1. The molecule has 0 aliphatic rings. The maximum Gasteiger partial charge on any atom is 0.228 e. The second kappa shape index (κ2) is 8.20. The van der Waals surface area contributed by atoms with E-state index < -0.39 is 0 Å². The Morgan fingerprint density at radius 2 is 1.83 bits per heavy atom. The topological polar surface area (TPSA) is 59.8 Å². The molecule has 0 radical (unpaired) electrons. The van der Waals surface area contributed by atoms with E-state index in [-0.39, 0.29) is 18.1 Å². The number of nitrogens with zero attached hydrogens (tertiary/aromatic N) is 3. The number of hydrogen-bond acceptors (Lipinski definition) is 4. The number of hydrogen-bond donors (Lipinski definition) is 1. The number of carbonyl (C=O) groups is 1. The van der Waals surface area contributed by atoms with Gasteiger partial charge in [-0.1, -0.05) is 18.2 Å². The molecule has 0 saturated carbocycles. The zero-order valence-corrected chi connectivity index (χ0v) is 17.8. The molecule has 0 saturated heterocycles. The molecule has 2 heterocycles. The summed E-state index contributed by atoms with van der Waals surface area (Å²) in [6, 6.07) is 13.9. The Hall–Kier alpha value is -3.32. The number of nitrogens with one attached hydrogen (secondary N) is 1. The highest BCUT2D eigenvalue weighted by molar-refractivity contribution is 7.12. The van der Waals surface area contributed by atoms with Gasteiger partial charge in [-0.25, -0.2) is 14.1 Å². The van der Waals surface area contributed by atoms with Crippen LogP contribution in [-0.2, 0) is 11.2 Å². The quantitative estimate of drug-likeness (QED) is 0.480. The van der Waals surface area contributed by atoms with Crippen LogP contribution < -0.4 is 5.32 Å². The molecular weight excluding hydrogens is 399 g/mol. The van der Waals surface area contributed by atoms with Crippen LogP contribution in [0.2, 0.25) is 0 Å². The molecule has 0 aliphatic heterocycles. The average molecular weight is 421 g/mol. The molecule has 0 aliphatic carbocycles. The summed E-state index contributed by atoms with van der Waals surface area (Å²) in [4.78, 5) is 17.3. The highest BCUT2D eigenvalue weighted by Gasteiger charge is 2.18. The molecule has 0 fully saturated rings. The largest absolute Gasteiger partial charge is 0.326 e. The van der Waals surface area contributed by atoms with E-state index in [9.17, 15) is 9.18 Å². The molecule has 0 bridgehead atoms. The fourth-order valence-corrected chi connectivity index (χ4v) is 4.13. The highest BCUT2D eigenvalue weighted by atomic mass is 32.1. The van der Waals surface area contributed by atoms with Gasteiger partial charge in [0.2, 0.25) is 11.0 Å². The predicted octanol–water partition coefficient (Wildman–Crippen LogP) is 5.24. The summed E-state index contributed by atoms with van der Waals surface area (Å²) in [7, 11) is 0. The van der Waals surface area contributed by atoms with E-state index in [0.717, 1.165) is 39.5 Å². The van der Waals surface area contributed by atoms with Crippen LogP contribution in [0.4, 0.5) is 10.1 Å². The van der Waals surface area contributed by atoms with Crippen molar-refractivity contribution in [2.45, 2.75) is 27.2 Å². The molecule has 7 heteroatoms. The number of halogens is 1. The van der Waals surface area contributed by atoms with Crippen LogP contribution in [0.5, 0.6) is 0 Å². The van der Waals surface area contributed by atoms with Crippen LogP contribution in [0.3, 0.4) is 0 Å². The monoisotopic (exact) mass is 420 g/mol. The predicted molar refractivity (Wildman–Crippen MR) is 118 cm³/mol. The summed E-state index contributed by atoms with van der Waals surface area (Å²) in [5, 5.41) is 10.2. The molecule has 4 rings (SSSR count). The van der Waals surface area contributed by atoms with Crippen molar-refractivity contribution in [3.63, 3.8) is 0 Å². The molecule has 1 N–H and O–H groups in total. The average Bonchev–Trinajstić information content (AvgIpc) is 3.31. The summed E-state index contributed by atoms with van der Waals surface area (Å²) >= 11 is 1.46. The minimum absolute atomic E-state index is 0.0822. The SMILES string of the molecule is Cc1ccccc1NC(=O)Cc1c(C)nn(-c2nc(-c3ccc(F)cc3)cs2)c1C. The first-order valence-electron chi connectivity index (χ1n) is 9.55. The highest BCUT2D eigenvalue weighted by Crippen LogP contribution is 2.26. The summed E-state index contributed by atoms with van der Waals surface area (Å²) < 4.78 is 14.9. The fourth-order valence-electron chi connectivity index (χ4n) is 3.30. The Kier molecular flexibility index (Phi) is 5.46. The summed E-state index contributed by atoms with van der Waals surface area (Å²) in [5.74, 6) is -0.359. The van der Waals surface area contributed by atoms with E-state index in [1.165, 1.54) is 23.5 Å². The second-order valence-corrected chi connectivity index (χ2v) is 7.96. The van der Waals surface area contributed by atoms with Gasteiger partial charge in [-0.2, -0.15) is 5.10 Å². The van der Waals surface area contributed by atoms with Crippen molar-refractivity contribution in [1.29, 1.82) is 0 Å². The van der Waals surface area contributed by atoms with Crippen molar-refractivity contribution in [2.75, 3.05) is 5.32 Å². The van der Waals surface area contributed by atoms with Gasteiger partial charge < -0.3 is 5.32 Å². The number of thiazole rings is 1. The van der Waals surface area contributed by atoms with Gasteiger partial charge >= 0.3 is 0 Å². The Bertz CT molecular complexity index is 1210. The number of para-hydroxylation sites is 1. The maximum absolute atomic E-state index is 13.2. The Labute approximate surface area is 178 Å². The number of rotatable bonds is 5. The van der Waals surface area contributed by atoms with Gasteiger partial charge in [-0.05, 0) is 56.7 Å². The lowest BCUT2D eigenvalue weighted by Gasteiger charge is -2.08. The Morgan fingerprint density at radius 3 is 2.57 bits per heavy atom. The van der Waals surface area contributed by atoms with E-state index in [0.29, 0.717) is 5.13 Å². The normalized spacial score (nSPS) is 10.9. The van der Waals surface area contributed by atoms with E-state index >= 15 is 0 Å². The van der Waals surface area contributed by atoms with Crippen LogP contribution in [0.15, 0.2) is 53.9 Å². The van der Waals surface area contributed by atoms with Crippen molar-refractivity contribution in [3.8, 4) is 16.4 Å². The summed E-state index contributed by atoms with van der Waals surface area (Å²) in [6.07, 6.45) is 0.238. The van der Waals surface area contributed by atoms with Gasteiger partial charge in [0.1, 0.15) is 5.82 Å². The number of amides is 1. The maximum atomic E-state index is 13.2. The van der Waals surface area contributed by atoms with Crippen molar-refractivity contribution < 1.29 is 9.18 Å². The first-order chi connectivity index (χ1) is 14.4. The van der Waals surface area contributed by atoms with Crippen LogP contribution in [0.25, 0.3) is 16.4 Å². The smallest absolute Gasteiger partial charge is 0.228 e. The van der Waals surface area contributed by atoms with Gasteiger partial charge in [0.25, 0.3) is 0 Å². The Morgan fingerprint density at radius 1 is 1.10 bits per heavy atom. The number of benzene rings is 2.